The van der Waals surface area contributed by atoms with Crippen LogP contribution in [-0.4, -0.2) is 24.4 Å². The molecule has 0 aromatic heterocycles. The molecule has 0 N–H and O–H groups in total. The summed E-state index contributed by atoms with van der Waals surface area (Å²) in [7, 11) is 2.08. The molecule has 1 aromatic rings. The van der Waals surface area contributed by atoms with Gasteiger partial charge in [0.1, 0.15) is 13.6 Å². The summed E-state index contributed by atoms with van der Waals surface area (Å²) < 4.78 is 2.16. The molecule has 0 radical (unpaired) electrons. The van der Waals surface area contributed by atoms with Crippen LogP contribution >= 0.6 is 0 Å². The fraction of sp³-hybridized carbons (Fsp3) is 0.300. The van der Waals surface area contributed by atoms with Crippen LogP contribution in [-0.2, 0) is 0 Å². The first kappa shape index (κ1) is 7.99. The molecule has 0 bridgehead atoms. The average Bonchev–Trinajstić information content (AvgIpc) is 2.06. The Hall–Kier alpha value is -1.11. The SMILES string of the molecule is CC/[N+](C)=C\c1ccccc1. The van der Waals surface area contributed by atoms with Gasteiger partial charge in [0, 0.05) is 5.56 Å². The molecular formula is C10H14N+. The van der Waals surface area contributed by atoms with Gasteiger partial charge in [-0.15, -0.1) is 0 Å². The molecular weight excluding hydrogens is 134 g/mol. The van der Waals surface area contributed by atoms with Gasteiger partial charge in [-0.25, -0.2) is 4.58 Å². The second-order valence-electron chi connectivity index (χ2n) is 2.61. The van der Waals surface area contributed by atoms with Gasteiger partial charge >= 0.3 is 0 Å². The smallest absolute Gasteiger partial charge is 0.170 e. The van der Waals surface area contributed by atoms with Crippen LogP contribution in [0.15, 0.2) is 30.3 Å². The van der Waals surface area contributed by atoms with E-state index in [0.29, 0.717) is 0 Å². The van der Waals surface area contributed by atoms with Gasteiger partial charge in [-0.3, -0.25) is 0 Å². The summed E-state index contributed by atoms with van der Waals surface area (Å²) in [4.78, 5) is 0. The topological polar surface area (TPSA) is 3.01 Å². The van der Waals surface area contributed by atoms with Crippen LogP contribution in [0.25, 0.3) is 0 Å². The molecule has 11 heavy (non-hydrogen) atoms. The van der Waals surface area contributed by atoms with E-state index in [9.17, 15) is 0 Å². The summed E-state index contributed by atoms with van der Waals surface area (Å²) in [5.41, 5.74) is 1.26. The lowest BCUT2D eigenvalue weighted by Crippen LogP contribution is -2.05. The zero-order chi connectivity index (χ0) is 8.10. The first-order valence-electron chi connectivity index (χ1n) is 3.93. The largest absolute Gasteiger partial charge is 0.238 e. The second-order valence-corrected chi connectivity index (χ2v) is 2.61. The fourth-order valence-corrected chi connectivity index (χ4v) is 0.885. The quantitative estimate of drug-likeness (QED) is 0.444. The van der Waals surface area contributed by atoms with Crippen molar-refractivity contribution >= 4 is 6.21 Å². The van der Waals surface area contributed by atoms with Crippen molar-refractivity contribution in [2.24, 2.45) is 0 Å². The molecule has 58 valence electrons. The molecule has 0 aliphatic heterocycles. The third-order valence-electron chi connectivity index (χ3n) is 1.67. The Labute approximate surface area is 68.0 Å². The summed E-state index contributed by atoms with van der Waals surface area (Å²) in [6, 6.07) is 10.3. The minimum Gasteiger partial charge on any atom is -0.238 e. The highest BCUT2D eigenvalue weighted by Gasteiger charge is 1.91. The molecule has 0 fully saturated rings. The van der Waals surface area contributed by atoms with Crippen LogP contribution in [0.2, 0.25) is 0 Å². The van der Waals surface area contributed by atoms with Gasteiger partial charge < -0.3 is 0 Å². The summed E-state index contributed by atoms with van der Waals surface area (Å²) in [6.45, 7) is 3.19. The molecule has 0 spiro atoms. The van der Waals surface area contributed by atoms with Crippen molar-refractivity contribution in [3.63, 3.8) is 0 Å². The van der Waals surface area contributed by atoms with Crippen molar-refractivity contribution in [2.45, 2.75) is 6.92 Å². The predicted molar refractivity (Wildman–Crippen MR) is 48.3 cm³/mol. The van der Waals surface area contributed by atoms with Gasteiger partial charge in [0.15, 0.2) is 6.21 Å². The normalized spacial score (nSPS) is 11.6. The first-order chi connectivity index (χ1) is 5.33. The van der Waals surface area contributed by atoms with E-state index in [0.717, 1.165) is 6.54 Å². The zero-order valence-electron chi connectivity index (χ0n) is 7.12. The fourth-order valence-electron chi connectivity index (χ4n) is 0.885. The van der Waals surface area contributed by atoms with E-state index in [2.05, 4.69) is 49.0 Å². The van der Waals surface area contributed by atoms with E-state index in [1.165, 1.54) is 5.56 Å². The van der Waals surface area contributed by atoms with Crippen LogP contribution in [0.4, 0.5) is 0 Å². The van der Waals surface area contributed by atoms with Crippen molar-refractivity contribution in [3.05, 3.63) is 35.9 Å². The first-order valence-corrected chi connectivity index (χ1v) is 3.93. The van der Waals surface area contributed by atoms with Gasteiger partial charge in [0.25, 0.3) is 0 Å². The summed E-state index contributed by atoms with van der Waals surface area (Å²) in [5.74, 6) is 0. The Balaban J connectivity index is 2.79. The Kier molecular flexibility index (Phi) is 2.84. The van der Waals surface area contributed by atoms with Gasteiger partial charge in [-0.1, -0.05) is 18.2 Å². The number of rotatable bonds is 2. The van der Waals surface area contributed by atoms with E-state index in [-0.39, 0.29) is 0 Å². The maximum absolute atomic E-state index is 2.16. The molecule has 0 saturated heterocycles. The lowest BCUT2D eigenvalue weighted by Gasteiger charge is -1.91. The third-order valence-corrected chi connectivity index (χ3v) is 1.67. The summed E-state index contributed by atoms with van der Waals surface area (Å²) >= 11 is 0. The van der Waals surface area contributed by atoms with E-state index >= 15 is 0 Å². The third kappa shape index (κ3) is 2.54. The van der Waals surface area contributed by atoms with Crippen LogP contribution < -0.4 is 0 Å². The Morgan fingerprint density at radius 3 is 2.45 bits per heavy atom. The van der Waals surface area contributed by atoms with Gasteiger partial charge in [-0.2, -0.15) is 0 Å². The Bertz CT molecular complexity index is 236. The minimum absolute atomic E-state index is 1.05. The average molecular weight is 148 g/mol. The molecule has 1 aromatic carbocycles. The summed E-state index contributed by atoms with van der Waals surface area (Å²) in [6.07, 6.45) is 2.14. The molecule has 0 amide bonds. The highest BCUT2D eigenvalue weighted by molar-refractivity contribution is 5.75. The molecule has 0 aliphatic carbocycles. The van der Waals surface area contributed by atoms with Crippen molar-refractivity contribution in [2.75, 3.05) is 13.6 Å². The number of hydrogen-bond donors (Lipinski definition) is 0. The lowest BCUT2D eigenvalue weighted by molar-refractivity contribution is -0.488. The molecule has 0 atom stereocenters. The molecule has 1 nitrogen and oxygen atoms in total. The molecule has 0 unspecified atom stereocenters. The number of nitrogens with zero attached hydrogens (tertiary/aromatic N) is 1. The molecule has 1 rings (SSSR count). The Morgan fingerprint density at radius 1 is 1.27 bits per heavy atom. The second kappa shape index (κ2) is 3.91. The van der Waals surface area contributed by atoms with Crippen LogP contribution in [0.1, 0.15) is 12.5 Å². The van der Waals surface area contributed by atoms with E-state index in [1.807, 2.05) is 6.07 Å². The van der Waals surface area contributed by atoms with Crippen molar-refractivity contribution in [1.82, 2.24) is 0 Å². The molecule has 0 heterocycles. The van der Waals surface area contributed by atoms with Crippen molar-refractivity contribution in [3.8, 4) is 0 Å². The zero-order valence-corrected chi connectivity index (χ0v) is 7.12. The van der Waals surface area contributed by atoms with Crippen LogP contribution in [0.5, 0.6) is 0 Å². The monoisotopic (exact) mass is 148 g/mol. The lowest BCUT2D eigenvalue weighted by atomic mass is 10.2. The maximum atomic E-state index is 2.16. The van der Waals surface area contributed by atoms with Gasteiger partial charge in [-0.05, 0) is 19.1 Å². The predicted octanol–water partition coefficient (Wildman–Crippen LogP) is 1.77. The highest BCUT2D eigenvalue weighted by Crippen LogP contribution is 1.92. The van der Waals surface area contributed by atoms with E-state index < -0.39 is 0 Å². The van der Waals surface area contributed by atoms with E-state index in [1.54, 1.807) is 0 Å². The summed E-state index contributed by atoms with van der Waals surface area (Å²) in [5, 5.41) is 0. The van der Waals surface area contributed by atoms with Crippen molar-refractivity contribution < 1.29 is 4.58 Å². The van der Waals surface area contributed by atoms with Gasteiger partial charge in [0.2, 0.25) is 0 Å². The number of hydrogen-bond acceptors (Lipinski definition) is 0. The number of benzene rings is 1. The molecule has 0 aliphatic rings. The van der Waals surface area contributed by atoms with Crippen molar-refractivity contribution in [1.29, 1.82) is 0 Å². The molecule has 1 heteroatoms. The van der Waals surface area contributed by atoms with E-state index in [4.69, 9.17) is 0 Å². The Morgan fingerprint density at radius 2 is 1.91 bits per heavy atom. The minimum atomic E-state index is 1.05. The highest BCUT2D eigenvalue weighted by atomic mass is 14.9. The molecule has 0 saturated carbocycles. The standard InChI is InChI=1S/C10H14N/c1-3-11(2)9-10-7-5-4-6-8-10/h4-9H,3H2,1-2H3/q+1/b11-9-. The van der Waals surface area contributed by atoms with Gasteiger partial charge in [0.05, 0.1) is 0 Å². The maximum Gasteiger partial charge on any atom is 0.170 e. The van der Waals surface area contributed by atoms with Crippen LogP contribution in [0, 0.1) is 0 Å². The van der Waals surface area contributed by atoms with Crippen LogP contribution in [0.3, 0.4) is 0 Å².